The van der Waals surface area contributed by atoms with E-state index in [1.165, 1.54) is 0 Å². The van der Waals surface area contributed by atoms with Crippen LogP contribution in [-0.4, -0.2) is 28.6 Å². The summed E-state index contributed by atoms with van der Waals surface area (Å²) in [6.07, 6.45) is 3.70. The van der Waals surface area contributed by atoms with Crippen LogP contribution in [0.2, 0.25) is 0 Å². The third-order valence-corrected chi connectivity index (χ3v) is 3.80. The van der Waals surface area contributed by atoms with E-state index in [1.54, 1.807) is 37.5 Å². The number of carbonyl (C=O) groups is 1. The predicted molar refractivity (Wildman–Crippen MR) is 97.4 cm³/mol. The molecule has 5 heteroatoms. The molecule has 1 unspecified atom stereocenters. The molecule has 0 fully saturated rings. The maximum atomic E-state index is 12.4. The molecular weight excluding hydrogens is 316 g/mol. The molecule has 134 valence electrons. The van der Waals surface area contributed by atoms with Crippen molar-refractivity contribution in [1.29, 1.82) is 0 Å². The van der Waals surface area contributed by atoms with Gasteiger partial charge < -0.3 is 15.2 Å². The molecule has 0 aliphatic heterocycles. The number of pyridine rings is 1. The van der Waals surface area contributed by atoms with Gasteiger partial charge in [0.2, 0.25) is 0 Å². The molecule has 0 spiro atoms. The Morgan fingerprint density at radius 1 is 1.32 bits per heavy atom. The van der Waals surface area contributed by atoms with Gasteiger partial charge in [-0.15, -0.1) is 0 Å². The number of nitrogens with one attached hydrogen (secondary N) is 1. The number of benzene rings is 1. The number of rotatable bonds is 8. The number of aliphatic hydroxyl groups excluding tert-OH is 1. The second-order valence-corrected chi connectivity index (χ2v) is 7.08. The highest BCUT2D eigenvalue weighted by Crippen LogP contribution is 2.21. The Bertz CT molecular complexity index is 684. The molecule has 1 heterocycles. The van der Waals surface area contributed by atoms with Crippen LogP contribution in [0.1, 0.15) is 43.1 Å². The number of aliphatic hydroxyl groups is 1. The van der Waals surface area contributed by atoms with E-state index in [0.717, 1.165) is 5.56 Å². The molecule has 1 amide bonds. The van der Waals surface area contributed by atoms with E-state index >= 15 is 0 Å². The van der Waals surface area contributed by atoms with Crippen LogP contribution in [0.4, 0.5) is 0 Å². The Hall–Kier alpha value is -2.40. The topological polar surface area (TPSA) is 71.5 Å². The Labute approximate surface area is 149 Å². The van der Waals surface area contributed by atoms with Crippen molar-refractivity contribution in [3.63, 3.8) is 0 Å². The molecule has 0 saturated heterocycles. The van der Waals surface area contributed by atoms with Crippen molar-refractivity contribution in [2.45, 2.75) is 39.9 Å². The first-order chi connectivity index (χ1) is 11.9. The number of aromatic nitrogens is 1. The van der Waals surface area contributed by atoms with E-state index < -0.39 is 6.10 Å². The fourth-order valence-corrected chi connectivity index (χ4v) is 2.67. The summed E-state index contributed by atoms with van der Waals surface area (Å²) in [5, 5.41) is 12.5. The summed E-state index contributed by atoms with van der Waals surface area (Å²) in [4.78, 5) is 16.4. The van der Waals surface area contributed by atoms with Gasteiger partial charge in [-0.2, -0.15) is 0 Å². The second-order valence-electron chi connectivity index (χ2n) is 7.08. The standard InChI is InChI=1S/C20H26N2O3/c1-15(23)11-20(2,3)14-22-19(24)17-7-4-8-18(10-17)25-13-16-6-5-9-21-12-16/h4-10,12,15,23H,11,13-14H2,1-3H3,(H,22,24). The third-order valence-electron chi connectivity index (χ3n) is 3.80. The van der Waals surface area contributed by atoms with Gasteiger partial charge in [-0.05, 0) is 43.0 Å². The highest BCUT2D eigenvalue weighted by Gasteiger charge is 2.21. The van der Waals surface area contributed by atoms with Crippen LogP contribution >= 0.6 is 0 Å². The molecule has 0 aliphatic carbocycles. The molecule has 0 aliphatic rings. The largest absolute Gasteiger partial charge is 0.489 e. The Morgan fingerprint density at radius 3 is 2.80 bits per heavy atom. The molecule has 1 atom stereocenters. The molecule has 0 saturated carbocycles. The summed E-state index contributed by atoms with van der Waals surface area (Å²) in [5.41, 5.74) is 1.35. The zero-order valence-corrected chi connectivity index (χ0v) is 15.0. The monoisotopic (exact) mass is 342 g/mol. The van der Waals surface area contributed by atoms with E-state index in [9.17, 15) is 9.90 Å². The Balaban J connectivity index is 1.92. The van der Waals surface area contributed by atoms with Gasteiger partial charge in [0, 0.05) is 30.1 Å². The Morgan fingerprint density at radius 2 is 2.12 bits per heavy atom. The minimum atomic E-state index is -0.392. The first kappa shape index (κ1) is 18.9. The van der Waals surface area contributed by atoms with Gasteiger partial charge in [0.1, 0.15) is 12.4 Å². The van der Waals surface area contributed by atoms with Gasteiger partial charge in [0.15, 0.2) is 0 Å². The fourth-order valence-electron chi connectivity index (χ4n) is 2.67. The van der Waals surface area contributed by atoms with Crippen LogP contribution in [0.15, 0.2) is 48.8 Å². The zero-order valence-electron chi connectivity index (χ0n) is 15.0. The smallest absolute Gasteiger partial charge is 0.251 e. The Kier molecular flexibility index (Phi) is 6.53. The zero-order chi connectivity index (χ0) is 18.3. The highest BCUT2D eigenvalue weighted by molar-refractivity contribution is 5.94. The average molecular weight is 342 g/mol. The van der Waals surface area contributed by atoms with Crippen LogP contribution < -0.4 is 10.1 Å². The minimum Gasteiger partial charge on any atom is -0.489 e. The molecule has 25 heavy (non-hydrogen) atoms. The molecule has 2 N–H and O–H groups in total. The fraction of sp³-hybridized carbons (Fsp3) is 0.400. The second kappa shape index (κ2) is 8.62. The summed E-state index contributed by atoms with van der Waals surface area (Å²) < 4.78 is 5.73. The molecule has 1 aromatic heterocycles. The van der Waals surface area contributed by atoms with E-state index in [-0.39, 0.29) is 11.3 Å². The normalized spacial score (nSPS) is 12.5. The van der Waals surface area contributed by atoms with Gasteiger partial charge in [0.25, 0.3) is 5.91 Å². The van der Waals surface area contributed by atoms with Crippen molar-refractivity contribution >= 4 is 5.91 Å². The van der Waals surface area contributed by atoms with Crippen LogP contribution in [0, 0.1) is 5.41 Å². The minimum absolute atomic E-state index is 0.148. The number of hydrogen-bond acceptors (Lipinski definition) is 4. The lowest BCUT2D eigenvalue weighted by molar-refractivity contribution is 0.0901. The van der Waals surface area contributed by atoms with Crippen molar-refractivity contribution in [2.24, 2.45) is 5.41 Å². The predicted octanol–water partition coefficient (Wildman–Crippen LogP) is 3.19. The maximum Gasteiger partial charge on any atom is 0.251 e. The summed E-state index contributed by atoms with van der Waals surface area (Å²) >= 11 is 0. The summed E-state index contributed by atoms with van der Waals surface area (Å²) in [6, 6.07) is 10.9. The molecular formula is C20H26N2O3. The third kappa shape index (κ3) is 6.55. The first-order valence-electron chi connectivity index (χ1n) is 8.44. The average Bonchev–Trinajstić information content (AvgIpc) is 2.58. The van der Waals surface area contributed by atoms with Crippen molar-refractivity contribution in [2.75, 3.05) is 6.54 Å². The summed E-state index contributed by atoms with van der Waals surface area (Å²) in [7, 11) is 0. The molecule has 1 aromatic carbocycles. The van der Waals surface area contributed by atoms with Gasteiger partial charge in [0.05, 0.1) is 6.10 Å². The van der Waals surface area contributed by atoms with Crippen LogP contribution in [0.3, 0.4) is 0 Å². The van der Waals surface area contributed by atoms with Crippen LogP contribution in [-0.2, 0) is 6.61 Å². The van der Waals surface area contributed by atoms with Crippen molar-refractivity contribution in [3.05, 3.63) is 59.9 Å². The lowest BCUT2D eigenvalue weighted by Gasteiger charge is -2.26. The van der Waals surface area contributed by atoms with Crippen LogP contribution in [0.25, 0.3) is 0 Å². The molecule has 0 radical (unpaired) electrons. The van der Waals surface area contributed by atoms with Gasteiger partial charge >= 0.3 is 0 Å². The lowest BCUT2D eigenvalue weighted by atomic mass is 9.87. The number of ether oxygens (including phenoxy) is 1. The SMILES string of the molecule is CC(O)CC(C)(C)CNC(=O)c1cccc(OCc2cccnc2)c1. The van der Waals surface area contributed by atoms with Crippen molar-refractivity contribution < 1.29 is 14.6 Å². The van der Waals surface area contributed by atoms with E-state index in [0.29, 0.717) is 30.9 Å². The quantitative estimate of drug-likeness (QED) is 0.773. The summed E-state index contributed by atoms with van der Waals surface area (Å²) in [5.74, 6) is 0.491. The molecule has 0 bridgehead atoms. The van der Waals surface area contributed by atoms with Crippen molar-refractivity contribution in [1.82, 2.24) is 10.3 Å². The number of nitrogens with zero attached hydrogens (tertiary/aromatic N) is 1. The summed E-state index contributed by atoms with van der Waals surface area (Å²) in [6.45, 7) is 6.70. The maximum absolute atomic E-state index is 12.4. The molecule has 5 nitrogen and oxygen atoms in total. The van der Waals surface area contributed by atoms with Crippen LogP contribution in [0.5, 0.6) is 5.75 Å². The lowest BCUT2D eigenvalue weighted by Crippen LogP contribution is -2.35. The molecule has 2 rings (SSSR count). The van der Waals surface area contributed by atoms with Gasteiger partial charge in [-0.25, -0.2) is 0 Å². The first-order valence-corrected chi connectivity index (χ1v) is 8.44. The van der Waals surface area contributed by atoms with E-state index in [4.69, 9.17) is 4.74 Å². The van der Waals surface area contributed by atoms with Crippen molar-refractivity contribution in [3.8, 4) is 5.75 Å². The molecule has 2 aromatic rings. The van der Waals surface area contributed by atoms with Gasteiger partial charge in [-0.3, -0.25) is 9.78 Å². The number of amides is 1. The van der Waals surface area contributed by atoms with E-state index in [1.807, 2.05) is 32.0 Å². The van der Waals surface area contributed by atoms with E-state index in [2.05, 4.69) is 10.3 Å². The highest BCUT2D eigenvalue weighted by atomic mass is 16.5. The van der Waals surface area contributed by atoms with Gasteiger partial charge in [-0.1, -0.05) is 26.0 Å². The number of hydrogen-bond donors (Lipinski definition) is 2. The number of carbonyl (C=O) groups excluding carboxylic acids is 1.